The minimum Gasteiger partial charge on any atom is -0.493 e. The molecule has 0 bridgehead atoms. The number of H-pyrrole nitrogens is 1. The summed E-state index contributed by atoms with van der Waals surface area (Å²) in [5.74, 6) is 1.64. The summed E-state index contributed by atoms with van der Waals surface area (Å²) in [6.07, 6.45) is 3.64. The molecule has 2 aliphatic rings. The lowest BCUT2D eigenvalue weighted by molar-refractivity contribution is 0.170. The van der Waals surface area contributed by atoms with Crippen molar-refractivity contribution in [2.75, 3.05) is 27.8 Å². The molecular weight excluding hydrogens is 397 g/mol. The van der Waals surface area contributed by atoms with Gasteiger partial charge in [0.2, 0.25) is 5.90 Å². The van der Waals surface area contributed by atoms with E-state index in [0.717, 1.165) is 35.5 Å². The highest BCUT2D eigenvalue weighted by Crippen LogP contribution is 2.50. The number of rotatable bonds is 7. The molecule has 0 amide bonds. The molecule has 1 saturated carbocycles. The summed E-state index contributed by atoms with van der Waals surface area (Å²) >= 11 is 0. The maximum absolute atomic E-state index is 15.1. The molecule has 0 saturated heterocycles. The van der Waals surface area contributed by atoms with Crippen molar-refractivity contribution in [1.82, 2.24) is 10.3 Å². The highest BCUT2D eigenvalue weighted by atomic mass is 19.1. The number of halogens is 1. The summed E-state index contributed by atoms with van der Waals surface area (Å²) < 4.78 is 32.8. The lowest BCUT2D eigenvalue weighted by Gasteiger charge is -2.16. The van der Waals surface area contributed by atoms with Gasteiger partial charge in [-0.1, -0.05) is 6.92 Å². The molecule has 2 N–H and O–H groups in total. The average Bonchev–Trinajstić information content (AvgIpc) is 3.46. The second-order valence-corrected chi connectivity index (χ2v) is 7.67. The van der Waals surface area contributed by atoms with Gasteiger partial charge in [-0.15, -0.1) is 0 Å². The molecule has 164 valence electrons. The molecule has 1 heterocycles. The number of hydrogen-bond donors (Lipinski definition) is 2. The Hall–Kier alpha value is -3.22. The van der Waals surface area contributed by atoms with Crippen LogP contribution in [0.2, 0.25) is 0 Å². The van der Waals surface area contributed by atoms with Gasteiger partial charge in [0.25, 0.3) is 0 Å². The van der Waals surface area contributed by atoms with Crippen LogP contribution in [0.25, 0.3) is 10.9 Å². The van der Waals surface area contributed by atoms with Gasteiger partial charge in [-0.3, -0.25) is 4.99 Å². The third kappa shape index (κ3) is 3.80. The normalized spacial score (nSPS) is 18.6. The number of aliphatic imine (C=N–C) groups is 1. The fourth-order valence-corrected chi connectivity index (χ4v) is 4.01. The summed E-state index contributed by atoms with van der Waals surface area (Å²) in [6, 6.07) is 5.19. The number of fused-ring (bicyclic) bond motifs is 2. The molecule has 2 aliphatic carbocycles. The fraction of sp³-hybridized carbons (Fsp3) is 0.375. The number of hydrogen-bond acceptors (Lipinski definition) is 5. The standard InChI is InChI=1S/C24H28FN3O3/c1-6-9-30-23-15-11-14(15)22(26-3)17(12-20(23)29-5)24(27-4)31-19-8-7-18-16(21(19)25)10-13(2)28-18/h7-8,10,12,15,26,28H,6,9,11H2,1-5H3/t15-/m1/s1. The maximum Gasteiger partial charge on any atom is 0.224 e. The van der Waals surface area contributed by atoms with Gasteiger partial charge in [0, 0.05) is 42.3 Å². The van der Waals surface area contributed by atoms with Crippen LogP contribution in [-0.2, 0) is 9.47 Å². The first kappa shape index (κ1) is 21.0. The molecule has 1 aromatic heterocycles. The molecule has 1 atom stereocenters. The van der Waals surface area contributed by atoms with Crippen LogP contribution < -0.4 is 10.1 Å². The van der Waals surface area contributed by atoms with Crippen LogP contribution in [0.1, 0.15) is 25.5 Å². The van der Waals surface area contributed by atoms with Crippen molar-refractivity contribution in [3.63, 3.8) is 0 Å². The summed E-state index contributed by atoms with van der Waals surface area (Å²) in [4.78, 5) is 7.48. The van der Waals surface area contributed by atoms with Crippen molar-refractivity contribution in [3.8, 4) is 5.75 Å². The molecule has 4 rings (SSSR count). The average molecular weight is 426 g/mol. The lowest BCUT2D eigenvalue weighted by atomic mass is 10.1. The topological polar surface area (TPSA) is 67.9 Å². The van der Waals surface area contributed by atoms with E-state index in [1.165, 1.54) is 5.57 Å². The molecule has 6 nitrogen and oxygen atoms in total. The van der Waals surface area contributed by atoms with E-state index in [-0.39, 0.29) is 11.7 Å². The monoisotopic (exact) mass is 425 g/mol. The zero-order valence-corrected chi connectivity index (χ0v) is 18.6. The maximum atomic E-state index is 15.1. The Labute approximate surface area is 181 Å². The van der Waals surface area contributed by atoms with Gasteiger partial charge in [-0.05, 0) is 49.6 Å². The van der Waals surface area contributed by atoms with E-state index in [9.17, 15) is 0 Å². The second kappa shape index (κ2) is 8.49. The molecule has 2 aromatic rings. The summed E-state index contributed by atoms with van der Waals surface area (Å²) in [7, 11) is 5.11. The zero-order valence-electron chi connectivity index (χ0n) is 18.6. The minimum absolute atomic E-state index is 0.121. The Bertz CT molecular complexity index is 1140. The van der Waals surface area contributed by atoms with Gasteiger partial charge in [0.15, 0.2) is 17.3 Å². The lowest BCUT2D eigenvalue weighted by Crippen LogP contribution is -2.20. The van der Waals surface area contributed by atoms with Crippen molar-refractivity contribution in [3.05, 3.63) is 64.1 Å². The van der Waals surface area contributed by atoms with Crippen molar-refractivity contribution >= 4 is 16.8 Å². The first-order valence-corrected chi connectivity index (χ1v) is 10.5. The highest BCUT2D eigenvalue weighted by molar-refractivity contribution is 6.00. The first-order chi connectivity index (χ1) is 15.0. The van der Waals surface area contributed by atoms with Gasteiger partial charge in [-0.2, -0.15) is 0 Å². The number of aromatic nitrogens is 1. The van der Waals surface area contributed by atoms with Crippen molar-refractivity contribution in [2.45, 2.75) is 26.7 Å². The Morgan fingerprint density at radius 2 is 2.16 bits per heavy atom. The number of aromatic amines is 1. The van der Waals surface area contributed by atoms with Crippen LogP contribution in [0, 0.1) is 18.7 Å². The van der Waals surface area contributed by atoms with E-state index < -0.39 is 5.82 Å². The van der Waals surface area contributed by atoms with Crippen molar-refractivity contribution in [2.24, 2.45) is 10.9 Å². The Balaban J connectivity index is 1.75. The predicted octanol–water partition coefficient (Wildman–Crippen LogP) is 4.74. The van der Waals surface area contributed by atoms with E-state index >= 15 is 4.39 Å². The van der Waals surface area contributed by atoms with Crippen LogP contribution in [0.3, 0.4) is 0 Å². The van der Waals surface area contributed by atoms with Gasteiger partial charge >= 0.3 is 0 Å². The number of benzene rings is 1. The number of aryl methyl sites for hydroxylation is 1. The van der Waals surface area contributed by atoms with Crippen LogP contribution in [0.4, 0.5) is 4.39 Å². The summed E-state index contributed by atoms with van der Waals surface area (Å²) in [6.45, 7) is 4.58. The van der Waals surface area contributed by atoms with Crippen LogP contribution >= 0.6 is 0 Å². The third-order valence-corrected chi connectivity index (χ3v) is 5.52. The van der Waals surface area contributed by atoms with Crippen molar-refractivity contribution in [1.29, 1.82) is 0 Å². The second-order valence-electron chi connectivity index (χ2n) is 7.67. The first-order valence-electron chi connectivity index (χ1n) is 10.5. The van der Waals surface area contributed by atoms with Crippen LogP contribution in [0.5, 0.6) is 5.75 Å². The van der Waals surface area contributed by atoms with Gasteiger partial charge in [-0.25, -0.2) is 4.39 Å². The highest BCUT2D eigenvalue weighted by Gasteiger charge is 2.43. The molecule has 7 heteroatoms. The predicted molar refractivity (Wildman–Crippen MR) is 120 cm³/mol. The molecule has 0 unspecified atom stereocenters. The Kier molecular flexibility index (Phi) is 5.76. The Morgan fingerprint density at radius 3 is 2.84 bits per heavy atom. The number of nitrogens with zero attached hydrogens (tertiary/aromatic N) is 1. The molecular formula is C24H28FN3O3. The molecule has 1 fully saturated rings. The number of methoxy groups -OCH3 is 1. The smallest absolute Gasteiger partial charge is 0.224 e. The number of allylic oxidation sites excluding steroid dienone is 2. The molecule has 0 spiro atoms. The molecule has 31 heavy (non-hydrogen) atoms. The quantitative estimate of drug-likeness (QED) is 0.497. The van der Waals surface area contributed by atoms with Gasteiger partial charge in [0.05, 0.1) is 19.3 Å². The van der Waals surface area contributed by atoms with E-state index in [2.05, 4.69) is 22.2 Å². The zero-order chi connectivity index (χ0) is 22.1. The Morgan fingerprint density at radius 1 is 1.35 bits per heavy atom. The van der Waals surface area contributed by atoms with E-state index in [0.29, 0.717) is 29.2 Å². The molecule has 1 aromatic carbocycles. The van der Waals surface area contributed by atoms with Crippen LogP contribution in [-0.4, -0.2) is 38.7 Å². The fourth-order valence-electron chi connectivity index (χ4n) is 4.01. The van der Waals surface area contributed by atoms with E-state index in [1.807, 2.05) is 20.0 Å². The molecule has 0 radical (unpaired) electrons. The number of ether oxygens (including phenoxy) is 3. The van der Waals surface area contributed by atoms with E-state index in [1.54, 1.807) is 32.4 Å². The minimum atomic E-state index is -0.422. The SMILES string of the molecule is CCCOC1=C(OC)C=C(C(=NC)Oc2ccc3[nH]c(C)cc3c2F)C(NC)=C2C[C@H]21. The number of nitrogens with one attached hydrogen (secondary N) is 2. The van der Waals surface area contributed by atoms with Gasteiger partial charge < -0.3 is 24.5 Å². The molecule has 0 aliphatic heterocycles. The van der Waals surface area contributed by atoms with Gasteiger partial charge in [0.1, 0.15) is 5.76 Å². The van der Waals surface area contributed by atoms with E-state index in [4.69, 9.17) is 14.2 Å². The third-order valence-electron chi connectivity index (χ3n) is 5.52. The largest absolute Gasteiger partial charge is 0.493 e. The number of likely N-dealkylation sites (N-methyl/N-ethyl adjacent to an activating group) is 1. The summed E-state index contributed by atoms with van der Waals surface area (Å²) in [5.41, 5.74) is 4.44. The van der Waals surface area contributed by atoms with Crippen molar-refractivity contribution < 1.29 is 18.6 Å². The van der Waals surface area contributed by atoms with Crippen LogP contribution in [0.15, 0.2) is 57.6 Å². The summed E-state index contributed by atoms with van der Waals surface area (Å²) in [5, 5.41) is 3.76.